The van der Waals surface area contributed by atoms with Gasteiger partial charge in [-0.3, -0.25) is 9.59 Å². The number of rotatable bonds is 9. The second-order valence-electron chi connectivity index (χ2n) is 6.78. The number of aryl methyl sites for hydroxylation is 1. The Morgan fingerprint density at radius 1 is 1.10 bits per heavy atom. The zero-order chi connectivity index (χ0) is 22.2. The molecule has 2 heterocycles. The number of amides is 2. The predicted octanol–water partition coefficient (Wildman–Crippen LogP) is 2.65. The highest BCUT2D eigenvalue weighted by molar-refractivity contribution is 6.41. The van der Waals surface area contributed by atoms with Crippen LogP contribution < -0.4 is 10.6 Å². The fourth-order valence-corrected chi connectivity index (χ4v) is 3.14. The van der Waals surface area contributed by atoms with Crippen molar-refractivity contribution < 1.29 is 14.7 Å². The lowest BCUT2D eigenvalue weighted by atomic mass is 10.0. The maximum Gasteiger partial charge on any atom is 0.268 e. The smallest absolute Gasteiger partial charge is 0.268 e. The summed E-state index contributed by atoms with van der Waals surface area (Å²) in [4.78, 5) is 36.3. The highest BCUT2D eigenvalue weighted by Gasteiger charge is 2.23. The molecule has 0 aliphatic heterocycles. The van der Waals surface area contributed by atoms with Crippen molar-refractivity contribution in [1.29, 1.82) is 0 Å². The van der Waals surface area contributed by atoms with Gasteiger partial charge in [0.25, 0.3) is 5.91 Å². The van der Waals surface area contributed by atoms with Crippen LogP contribution in [0.4, 0.5) is 0 Å². The van der Waals surface area contributed by atoms with E-state index in [9.17, 15) is 9.59 Å². The molecule has 2 amide bonds. The van der Waals surface area contributed by atoms with Gasteiger partial charge in [0, 0.05) is 18.0 Å². The van der Waals surface area contributed by atoms with Gasteiger partial charge in [-0.05, 0) is 24.5 Å². The van der Waals surface area contributed by atoms with E-state index in [4.69, 9.17) is 28.3 Å². The van der Waals surface area contributed by atoms with E-state index < -0.39 is 11.9 Å². The Hall–Kier alpha value is -2.94. The topological polar surface area (TPSA) is 120 Å². The standard InChI is InChI=1S/C21H21Cl2N5O3/c22-15-8-17(27-19(15)23)21(31)28-16(7-6-13-4-2-1-3-5-13)20(30)26-11-18-24-9-14(12-29)10-25-18/h1-5,8-10,16,27,29H,6-7,11-12H2,(H,26,30)(H,28,31)/t16-/m0/s1. The molecule has 3 rings (SSSR count). The van der Waals surface area contributed by atoms with Crippen LogP contribution >= 0.6 is 23.2 Å². The van der Waals surface area contributed by atoms with Crippen molar-refractivity contribution >= 4 is 35.0 Å². The number of nitrogens with one attached hydrogen (secondary N) is 3. The summed E-state index contributed by atoms with van der Waals surface area (Å²) in [7, 11) is 0. The van der Waals surface area contributed by atoms with Crippen LogP contribution in [-0.4, -0.2) is 37.9 Å². The molecule has 8 nitrogen and oxygen atoms in total. The van der Waals surface area contributed by atoms with Crippen LogP contribution in [0.15, 0.2) is 48.8 Å². The summed E-state index contributed by atoms with van der Waals surface area (Å²) in [5.74, 6) is -0.477. The molecule has 0 spiro atoms. The Labute approximate surface area is 189 Å². The van der Waals surface area contributed by atoms with Crippen LogP contribution in [0.3, 0.4) is 0 Å². The second kappa shape index (κ2) is 10.9. The van der Waals surface area contributed by atoms with Crippen molar-refractivity contribution in [3.63, 3.8) is 0 Å². The summed E-state index contributed by atoms with van der Waals surface area (Å²) in [6.07, 6.45) is 3.95. The Kier molecular flexibility index (Phi) is 8.00. The Morgan fingerprint density at radius 2 is 1.81 bits per heavy atom. The van der Waals surface area contributed by atoms with Gasteiger partial charge in [-0.15, -0.1) is 0 Å². The molecule has 0 radical (unpaired) electrons. The number of aromatic nitrogens is 3. The third kappa shape index (κ3) is 6.52. The van der Waals surface area contributed by atoms with E-state index >= 15 is 0 Å². The van der Waals surface area contributed by atoms with Gasteiger partial charge in [-0.2, -0.15) is 0 Å². The van der Waals surface area contributed by atoms with Gasteiger partial charge in [-0.25, -0.2) is 9.97 Å². The highest BCUT2D eigenvalue weighted by atomic mass is 35.5. The minimum Gasteiger partial charge on any atom is -0.392 e. The lowest BCUT2D eigenvalue weighted by Gasteiger charge is -2.18. The Morgan fingerprint density at radius 3 is 2.42 bits per heavy atom. The van der Waals surface area contributed by atoms with Crippen molar-refractivity contribution in [2.45, 2.75) is 32.0 Å². The molecule has 0 bridgehead atoms. The van der Waals surface area contributed by atoms with E-state index in [-0.39, 0.29) is 34.9 Å². The molecular weight excluding hydrogens is 441 g/mol. The molecule has 4 N–H and O–H groups in total. The maximum absolute atomic E-state index is 12.8. The molecule has 0 aliphatic carbocycles. The summed E-state index contributed by atoms with van der Waals surface area (Å²) in [6, 6.07) is 10.3. The van der Waals surface area contributed by atoms with Crippen LogP contribution in [0, 0.1) is 0 Å². The number of carbonyl (C=O) groups is 2. The molecule has 31 heavy (non-hydrogen) atoms. The number of aromatic amines is 1. The minimum atomic E-state index is -0.801. The van der Waals surface area contributed by atoms with E-state index in [1.807, 2.05) is 30.3 Å². The van der Waals surface area contributed by atoms with E-state index in [0.29, 0.717) is 24.2 Å². The van der Waals surface area contributed by atoms with Gasteiger partial charge >= 0.3 is 0 Å². The number of hydrogen-bond donors (Lipinski definition) is 4. The highest BCUT2D eigenvalue weighted by Crippen LogP contribution is 2.21. The number of carbonyl (C=O) groups excluding carboxylic acids is 2. The molecule has 2 aromatic heterocycles. The van der Waals surface area contributed by atoms with Crippen LogP contribution in [0.5, 0.6) is 0 Å². The monoisotopic (exact) mass is 461 g/mol. The third-order valence-corrected chi connectivity index (χ3v) is 5.21. The van der Waals surface area contributed by atoms with Crippen molar-refractivity contribution in [2.75, 3.05) is 0 Å². The SMILES string of the molecule is O=C(N[C@@H](CCc1ccccc1)C(=O)NCc1ncc(CO)cn1)c1cc(Cl)c(Cl)[nH]1. The number of hydrogen-bond acceptors (Lipinski definition) is 5. The quantitative estimate of drug-likeness (QED) is 0.390. The van der Waals surface area contributed by atoms with Crippen molar-refractivity contribution in [3.8, 4) is 0 Å². The number of nitrogens with zero attached hydrogens (tertiary/aromatic N) is 2. The third-order valence-electron chi connectivity index (χ3n) is 4.52. The zero-order valence-corrected chi connectivity index (χ0v) is 18.0. The molecule has 0 saturated heterocycles. The first-order valence-corrected chi connectivity index (χ1v) is 10.3. The maximum atomic E-state index is 12.8. The van der Waals surface area contributed by atoms with Gasteiger partial charge in [0.2, 0.25) is 5.91 Å². The largest absolute Gasteiger partial charge is 0.392 e. The number of halogens is 2. The molecule has 10 heteroatoms. The molecule has 162 valence electrons. The summed E-state index contributed by atoms with van der Waals surface area (Å²) in [6.45, 7) is -0.0740. The zero-order valence-electron chi connectivity index (χ0n) is 16.4. The molecule has 3 aromatic rings. The van der Waals surface area contributed by atoms with E-state index in [0.717, 1.165) is 5.56 Å². The lowest BCUT2D eigenvalue weighted by molar-refractivity contribution is -0.123. The minimum absolute atomic E-state index is 0.0857. The Bertz CT molecular complexity index is 1010. The van der Waals surface area contributed by atoms with Crippen LogP contribution in [0.1, 0.15) is 33.9 Å². The van der Waals surface area contributed by atoms with E-state index in [2.05, 4.69) is 25.6 Å². The van der Waals surface area contributed by atoms with Crippen LogP contribution in [0.2, 0.25) is 10.2 Å². The molecule has 0 saturated carbocycles. The van der Waals surface area contributed by atoms with Crippen molar-refractivity contribution in [3.05, 3.63) is 81.6 Å². The average molecular weight is 462 g/mol. The van der Waals surface area contributed by atoms with Crippen molar-refractivity contribution in [2.24, 2.45) is 0 Å². The number of H-pyrrole nitrogens is 1. The molecule has 0 fully saturated rings. The first-order valence-electron chi connectivity index (χ1n) is 9.53. The van der Waals surface area contributed by atoms with Crippen LogP contribution in [0.25, 0.3) is 0 Å². The summed E-state index contributed by atoms with van der Waals surface area (Å²) < 4.78 is 0. The van der Waals surface area contributed by atoms with Crippen molar-refractivity contribution in [1.82, 2.24) is 25.6 Å². The molecule has 0 aliphatic rings. The average Bonchev–Trinajstić information content (AvgIpc) is 3.14. The molecule has 0 unspecified atom stereocenters. The van der Waals surface area contributed by atoms with Crippen LogP contribution in [-0.2, 0) is 24.4 Å². The summed E-state index contributed by atoms with van der Waals surface area (Å²) in [5.41, 5.74) is 1.78. The fraction of sp³-hybridized carbons (Fsp3) is 0.238. The number of benzene rings is 1. The summed E-state index contributed by atoms with van der Waals surface area (Å²) in [5, 5.41) is 14.9. The van der Waals surface area contributed by atoms with Gasteiger partial charge in [0.15, 0.2) is 0 Å². The van der Waals surface area contributed by atoms with Gasteiger partial charge in [0.05, 0.1) is 18.2 Å². The fourth-order valence-electron chi connectivity index (χ4n) is 2.83. The lowest BCUT2D eigenvalue weighted by Crippen LogP contribution is -2.47. The molecular formula is C21H21Cl2N5O3. The molecule has 1 aromatic carbocycles. The normalized spacial score (nSPS) is 11.7. The number of aliphatic hydroxyl groups excluding tert-OH is 1. The second-order valence-corrected chi connectivity index (χ2v) is 7.56. The molecule has 1 atom stereocenters. The van der Waals surface area contributed by atoms with Gasteiger partial charge < -0.3 is 20.7 Å². The van der Waals surface area contributed by atoms with Gasteiger partial charge in [0.1, 0.15) is 22.7 Å². The predicted molar refractivity (Wildman–Crippen MR) is 117 cm³/mol. The first-order chi connectivity index (χ1) is 15.0. The van der Waals surface area contributed by atoms with E-state index in [1.54, 1.807) is 0 Å². The summed E-state index contributed by atoms with van der Waals surface area (Å²) >= 11 is 11.8. The first kappa shape index (κ1) is 22.7. The Balaban J connectivity index is 1.66. The van der Waals surface area contributed by atoms with E-state index in [1.165, 1.54) is 18.5 Å². The van der Waals surface area contributed by atoms with Gasteiger partial charge in [-0.1, -0.05) is 53.5 Å². The number of aliphatic hydroxyl groups is 1.